The molecule has 1 aromatic carbocycles. The number of aromatic nitrogens is 2. The third-order valence-corrected chi connectivity index (χ3v) is 3.24. The molecule has 0 saturated carbocycles. The lowest BCUT2D eigenvalue weighted by Gasteiger charge is -2.11. The highest BCUT2D eigenvalue weighted by Gasteiger charge is 2.14. The Labute approximate surface area is 124 Å². The zero-order valence-electron chi connectivity index (χ0n) is 11.4. The van der Waals surface area contributed by atoms with E-state index in [0.29, 0.717) is 22.3 Å². The third-order valence-electron chi connectivity index (χ3n) is 3.24. The molecule has 112 valence electrons. The molecule has 4 N–H and O–H groups in total. The van der Waals surface area contributed by atoms with Gasteiger partial charge in [0, 0.05) is 30.4 Å². The number of hydrogen-bond acceptors (Lipinski definition) is 3. The molecule has 0 atom stereocenters. The van der Waals surface area contributed by atoms with Crippen LogP contribution >= 0.6 is 0 Å². The molecule has 0 saturated heterocycles. The molecule has 0 radical (unpaired) electrons. The van der Waals surface area contributed by atoms with Crippen LogP contribution in [0.25, 0.3) is 11.0 Å². The third kappa shape index (κ3) is 2.60. The predicted molar refractivity (Wildman–Crippen MR) is 78.3 cm³/mol. The van der Waals surface area contributed by atoms with Gasteiger partial charge in [-0.05, 0) is 23.8 Å². The Morgan fingerprint density at radius 3 is 2.68 bits per heavy atom. The van der Waals surface area contributed by atoms with E-state index in [2.05, 4.69) is 15.3 Å². The van der Waals surface area contributed by atoms with Gasteiger partial charge in [-0.15, -0.1) is 0 Å². The first-order chi connectivity index (χ1) is 10.5. The van der Waals surface area contributed by atoms with E-state index >= 15 is 0 Å². The highest BCUT2D eigenvalue weighted by molar-refractivity contribution is 6.05. The van der Waals surface area contributed by atoms with Gasteiger partial charge < -0.3 is 16.0 Å². The number of H-pyrrole nitrogens is 1. The fraction of sp³-hybridized carbons (Fsp3) is 0.0667. The van der Waals surface area contributed by atoms with Crippen LogP contribution in [0.15, 0.2) is 36.7 Å². The van der Waals surface area contributed by atoms with Gasteiger partial charge in [0.25, 0.3) is 5.91 Å². The van der Waals surface area contributed by atoms with E-state index in [1.807, 2.05) is 0 Å². The molecule has 2 aromatic heterocycles. The molecule has 2 heterocycles. The summed E-state index contributed by atoms with van der Waals surface area (Å²) in [5.41, 5.74) is 7.02. The van der Waals surface area contributed by atoms with Crippen molar-refractivity contribution in [1.82, 2.24) is 9.97 Å². The first-order valence-electron chi connectivity index (χ1n) is 6.49. The molecule has 0 aliphatic carbocycles. The van der Waals surface area contributed by atoms with Crippen molar-refractivity contribution in [2.45, 2.75) is 6.54 Å². The van der Waals surface area contributed by atoms with E-state index in [0.717, 1.165) is 6.07 Å². The molecule has 1 amide bonds. The van der Waals surface area contributed by atoms with Crippen LogP contribution in [0.3, 0.4) is 0 Å². The van der Waals surface area contributed by atoms with E-state index in [-0.39, 0.29) is 12.1 Å². The second-order valence-electron chi connectivity index (χ2n) is 4.78. The van der Waals surface area contributed by atoms with Gasteiger partial charge in [0.15, 0.2) is 0 Å². The van der Waals surface area contributed by atoms with Crippen LogP contribution in [0.5, 0.6) is 0 Å². The van der Waals surface area contributed by atoms with Crippen molar-refractivity contribution < 1.29 is 13.6 Å². The van der Waals surface area contributed by atoms with E-state index in [1.54, 1.807) is 12.3 Å². The van der Waals surface area contributed by atoms with Crippen molar-refractivity contribution in [3.05, 3.63) is 59.4 Å². The summed E-state index contributed by atoms with van der Waals surface area (Å²) in [5.74, 6) is -1.95. The number of primary amides is 1. The zero-order valence-corrected chi connectivity index (χ0v) is 11.4. The molecule has 0 aliphatic heterocycles. The van der Waals surface area contributed by atoms with Crippen LogP contribution < -0.4 is 11.1 Å². The fourth-order valence-electron chi connectivity index (χ4n) is 2.29. The molecular formula is C15H12F2N4O. The van der Waals surface area contributed by atoms with Crippen LogP contribution in [-0.2, 0) is 6.54 Å². The number of nitrogens with zero attached hydrogens (tertiary/aromatic N) is 1. The molecule has 22 heavy (non-hydrogen) atoms. The number of amides is 1. The highest BCUT2D eigenvalue weighted by atomic mass is 19.1. The number of rotatable bonds is 4. The Bertz CT molecular complexity index is 840. The summed E-state index contributed by atoms with van der Waals surface area (Å²) in [6, 6.07) is 4.98. The lowest BCUT2D eigenvalue weighted by molar-refractivity contribution is 0.100. The molecule has 0 bridgehead atoms. The number of carbonyl (C=O) groups excluding carboxylic acids is 1. The first-order valence-corrected chi connectivity index (χ1v) is 6.49. The van der Waals surface area contributed by atoms with Gasteiger partial charge in [-0.1, -0.05) is 0 Å². The normalized spacial score (nSPS) is 10.8. The van der Waals surface area contributed by atoms with Gasteiger partial charge in [-0.25, -0.2) is 13.8 Å². The summed E-state index contributed by atoms with van der Waals surface area (Å²) in [5, 5.41) is 3.67. The summed E-state index contributed by atoms with van der Waals surface area (Å²) >= 11 is 0. The van der Waals surface area contributed by atoms with E-state index in [4.69, 9.17) is 5.73 Å². The van der Waals surface area contributed by atoms with Gasteiger partial charge in [-0.2, -0.15) is 0 Å². The van der Waals surface area contributed by atoms with Crippen molar-refractivity contribution in [2.75, 3.05) is 5.32 Å². The minimum atomic E-state index is -0.659. The zero-order chi connectivity index (χ0) is 15.7. The van der Waals surface area contributed by atoms with Crippen molar-refractivity contribution in [3.8, 4) is 0 Å². The maximum Gasteiger partial charge on any atom is 0.252 e. The smallest absolute Gasteiger partial charge is 0.252 e. The molecule has 0 spiro atoms. The average Bonchev–Trinajstić information content (AvgIpc) is 2.91. The predicted octanol–water partition coefficient (Wildman–Crippen LogP) is 2.55. The highest BCUT2D eigenvalue weighted by Crippen LogP contribution is 2.25. The maximum absolute atomic E-state index is 13.2. The Morgan fingerprint density at radius 1 is 1.27 bits per heavy atom. The van der Waals surface area contributed by atoms with Crippen LogP contribution in [-0.4, -0.2) is 15.9 Å². The summed E-state index contributed by atoms with van der Waals surface area (Å²) in [4.78, 5) is 18.5. The molecule has 3 aromatic rings. The topological polar surface area (TPSA) is 83.8 Å². The largest absolute Gasteiger partial charge is 0.380 e. The number of pyridine rings is 1. The number of hydrogen-bond donors (Lipinski definition) is 3. The summed E-state index contributed by atoms with van der Waals surface area (Å²) in [7, 11) is 0. The monoisotopic (exact) mass is 302 g/mol. The van der Waals surface area contributed by atoms with E-state index in [1.165, 1.54) is 18.3 Å². The molecule has 0 unspecified atom stereocenters. The van der Waals surface area contributed by atoms with Crippen LogP contribution in [0, 0.1) is 11.6 Å². The summed E-state index contributed by atoms with van der Waals surface area (Å²) < 4.78 is 26.4. The van der Waals surface area contributed by atoms with Gasteiger partial charge in [0.1, 0.15) is 17.3 Å². The average molecular weight is 302 g/mol. The first kappa shape index (κ1) is 14.0. The minimum Gasteiger partial charge on any atom is -0.380 e. The number of benzene rings is 1. The van der Waals surface area contributed by atoms with Crippen molar-refractivity contribution in [1.29, 1.82) is 0 Å². The fourth-order valence-corrected chi connectivity index (χ4v) is 2.29. The summed E-state index contributed by atoms with van der Waals surface area (Å²) in [6.45, 7) is 0.138. The number of nitrogens with one attached hydrogen (secondary N) is 2. The SMILES string of the molecule is NC(=O)c1cnc2[nH]ccc2c1NCc1cc(F)cc(F)c1. The second-order valence-corrected chi connectivity index (χ2v) is 4.78. The Kier molecular flexibility index (Phi) is 3.46. The number of nitrogens with two attached hydrogens (primary N) is 1. The second kappa shape index (κ2) is 5.44. The van der Waals surface area contributed by atoms with Crippen molar-refractivity contribution >= 4 is 22.6 Å². The quantitative estimate of drug-likeness (QED) is 0.692. The van der Waals surface area contributed by atoms with Gasteiger partial charge in [0.2, 0.25) is 0 Å². The molecule has 5 nitrogen and oxygen atoms in total. The van der Waals surface area contributed by atoms with Crippen LogP contribution in [0.4, 0.5) is 14.5 Å². The molecule has 7 heteroatoms. The number of carbonyl (C=O) groups is 1. The van der Waals surface area contributed by atoms with Crippen LogP contribution in [0.2, 0.25) is 0 Å². The minimum absolute atomic E-state index is 0.138. The number of halogens is 2. The van der Waals surface area contributed by atoms with Gasteiger partial charge in [-0.3, -0.25) is 4.79 Å². The molecule has 3 rings (SSSR count). The van der Waals surface area contributed by atoms with E-state index < -0.39 is 17.5 Å². The van der Waals surface area contributed by atoms with Crippen molar-refractivity contribution in [3.63, 3.8) is 0 Å². The maximum atomic E-state index is 13.2. The van der Waals surface area contributed by atoms with Crippen LogP contribution in [0.1, 0.15) is 15.9 Å². The Morgan fingerprint density at radius 2 is 2.00 bits per heavy atom. The molecular weight excluding hydrogens is 290 g/mol. The number of fused-ring (bicyclic) bond motifs is 1. The Hall–Kier alpha value is -2.96. The van der Waals surface area contributed by atoms with E-state index in [9.17, 15) is 13.6 Å². The molecule has 0 aliphatic rings. The standard InChI is InChI=1S/C15H12F2N4O/c16-9-3-8(4-10(17)5-9)6-20-13-11-1-2-19-15(11)21-7-12(13)14(18)22/h1-5,7H,6H2,(H2,18,22)(H2,19,20,21). The van der Waals surface area contributed by atoms with Gasteiger partial charge in [0.05, 0.1) is 11.3 Å². The molecule has 0 fully saturated rings. The lowest BCUT2D eigenvalue weighted by atomic mass is 10.1. The van der Waals surface area contributed by atoms with Gasteiger partial charge >= 0.3 is 0 Å². The Balaban J connectivity index is 1.97. The number of aromatic amines is 1. The summed E-state index contributed by atoms with van der Waals surface area (Å²) in [6.07, 6.45) is 3.03. The number of anilines is 1. The van der Waals surface area contributed by atoms with Crippen molar-refractivity contribution in [2.24, 2.45) is 5.73 Å². The lowest BCUT2D eigenvalue weighted by Crippen LogP contribution is -2.15.